The molecule has 1 rings (SSSR count). The van der Waals surface area contributed by atoms with Crippen molar-refractivity contribution in [1.82, 2.24) is 4.72 Å². The lowest BCUT2D eigenvalue weighted by Crippen LogP contribution is -2.28. The maximum absolute atomic E-state index is 12.1. The second kappa shape index (κ2) is 7.47. The highest BCUT2D eigenvalue weighted by molar-refractivity contribution is 7.89. The summed E-state index contributed by atoms with van der Waals surface area (Å²) in [7, 11) is -2.13. The zero-order valence-electron chi connectivity index (χ0n) is 12.0. The van der Waals surface area contributed by atoms with Gasteiger partial charge in [-0.05, 0) is 18.1 Å². The highest BCUT2D eigenvalue weighted by Gasteiger charge is 2.17. The van der Waals surface area contributed by atoms with Gasteiger partial charge >= 0.3 is 0 Å². The van der Waals surface area contributed by atoms with E-state index in [-0.39, 0.29) is 17.1 Å². The average molecular weight is 302 g/mol. The number of nitrogens with two attached hydrogens (primary N) is 1. The van der Waals surface area contributed by atoms with Crippen molar-refractivity contribution in [3.63, 3.8) is 0 Å². The first kappa shape index (κ1) is 16.7. The number of nitrogens with one attached hydrogen (secondary N) is 1. The van der Waals surface area contributed by atoms with E-state index < -0.39 is 10.0 Å². The van der Waals surface area contributed by atoms with E-state index in [1.54, 1.807) is 6.07 Å². The summed E-state index contributed by atoms with van der Waals surface area (Å²) in [4.78, 5) is 0.0437. The predicted molar refractivity (Wildman–Crippen MR) is 78.3 cm³/mol. The minimum absolute atomic E-state index is 0.0437. The molecule has 0 atom stereocenters. The molecule has 0 aromatic heterocycles. The maximum atomic E-state index is 12.1. The Balaban J connectivity index is 2.60. The molecule has 0 radical (unpaired) electrons. The Bertz CT molecular complexity index is 529. The molecule has 1 aromatic rings. The molecule has 20 heavy (non-hydrogen) atoms. The van der Waals surface area contributed by atoms with E-state index >= 15 is 0 Å². The first-order valence-electron chi connectivity index (χ1n) is 6.37. The molecule has 0 bridgehead atoms. The van der Waals surface area contributed by atoms with Gasteiger partial charge in [0.1, 0.15) is 10.6 Å². The first-order valence-corrected chi connectivity index (χ1v) is 7.86. The molecular weight excluding hydrogens is 280 g/mol. The normalized spacial score (nSPS) is 11.8. The molecule has 1 aromatic carbocycles. The van der Waals surface area contributed by atoms with E-state index in [2.05, 4.69) is 4.72 Å². The fraction of sp³-hybridized carbons (Fsp3) is 0.538. The number of benzene rings is 1. The average Bonchev–Trinajstić information content (AvgIpc) is 2.37. The molecule has 0 spiro atoms. The van der Waals surface area contributed by atoms with E-state index in [1.165, 1.54) is 19.2 Å². The summed E-state index contributed by atoms with van der Waals surface area (Å²) in [5.74, 6) is 0.936. The van der Waals surface area contributed by atoms with Crippen LogP contribution in [0.2, 0.25) is 0 Å². The van der Waals surface area contributed by atoms with Gasteiger partial charge in [0, 0.05) is 19.2 Å². The summed E-state index contributed by atoms with van der Waals surface area (Å²) in [5.41, 5.74) is 5.88. The summed E-state index contributed by atoms with van der Waals surface area (Å²) in [6.07, 6.45) is 0. The van der Waals surface area contributed by atoms with Crippen LogP contribution in [0, 0.1) is 5.92 Å². The number of ether oxygens (including phenoxy) is 2. The van der Waals surface area contributed by atoms with Crippen LogP contribution >= 0.6 is 0 Å². The Morgan fingerprint density at radius 3 is 2.60 bits per heavy atom. The molecule has 114 valence electrons. The molecule has 6 nitrogen and oxygen atoms in total. The standard InChI is InChI=1S/C13H22N2O4S/c1-10(2)9-19-7-6-15-20(16,17)13-5-4-11(18-3)8-12(13)14/h4-5,8,10,15H,6-7,9,14H2,1-3H3. The number of methoxy groups -OCH3 is 1. The van der Waals surface area contributed by atoms with Crippen LogP contribution in [0.25, 0.3) is 0 Å². The van der Waals surface area contributed by atoms with Gasteiger partial charge in [0.25, 0.3) is 0 Å². The Labute approximate surface area is 120 Å². The zero-order chi connectivity index (χ0) is 15.2. The van der Waals surface area contributed by atoms with Gasteiger partial charge in [-0.1, -0.05) is 13.8 Å². The predicted octanol–water partition coefficient (Wildman–Crippen LogP) is 1.23. The van der Waals surface area contributed by atoms with Crippen LogP contribution in [0.15, 0.2) is 23.1 Å². The minimum atomic E-state index is -3.63. The van der Waals surface area contributed by atoms with Crippen LogP contribution in [-0.2, 0) is 14.8 Å². The van der Waals surface area contributed by atoms with Crippen molar-refractivity contribution < 1.29 is 17.9 Å². The second-order valence-corrected chi connectivity index (χ2v) is 6.51. The lowest BCUT2D eigenvalue weighted by Gasteiger charge is -2.11. The minimum Gasteiger partial charge on any atom is -0.497 e. The molecule has 0 aliphatic carbocycles. The molecule has 7 heteroatoms. The fourth-order valence-corrected chi connectivity index (χ4v) is 2.67. The van der Waals surface area contributed by atoms with Gasteiger partial charge in [0.15, 0.2) is 0 Å². The van der Waals surface area contributed by atoms with Crippen LogP contribution in [0.3, 0.4) is 0 Å². The topological polar surface area (TPSA) is 90.7 Å². The van der Waals surface area contributed by atoms with Gasteiger partial charge in [-0.2, -0.15) is 0 Å². The molecule has 0 heterocycles. The Morgan fingerprint density at radius 1 is 1.35 bits per heavy atom. The van der Waals surface area contributed by atoms with Gasteiger partial charge in [0.2, 0.25) is 10.0 Å². The van der Waals surface area contributed by atoms with Crippen LogP contribution in [0.1, 0.15) is 13.8 Å². The highest BCUT2D eigenvalue weighted by atomic mass is 32.2. The van der Waals surface area contributed by atoms with Crippen molar-refractivity contribution in [3.05, 3.63) is 18.2 Å². The number of hydrogen-bond acceptors (Lipinski definition) is 5. The number of anilines is 1. The van der Waals surface area contributed by atoms with Gasteiger partial charge < -0.3 is 15.2 Å². The smallest absolute Gasteiger partial charge is 0.242 e. The first-order chi connectivity index (χ1) is 9.36. The molecule has 0 saturated carbocycles. The van der Waals surface area contributed by atoms with Crippen molar-refractivity contribution in [2.75, 3.05) is 32.6 Å². The second-order valence-electron chi connectivity index (χ2n) is 4.77. The van der Waals surface area contributed by atoms with Gasteiger partial charge in [0.05, 0.1) is 19.4 Å². The molecular formula is C13H22N2O4S. The molecule has 0 aliphatic rings. The van der Waals surface area contributed by atoms with Crippen molar-refractivity contribution in [1.29, 1.82) is 0 Å². The van der Waals surface area contributed by atoms with Crippen LogP contribution in [-0.4, -0.2) is 35.3 Å². The zero-order valence-corrected chi connectivity index (χ0v) is 12.9. The number of sulfonamides is 1. The van der Waals surface area contributed by atoms with Gasteiger partial charge in [-0.15, -0.1) is 0 Å². The van der Waals surface area contributed by atoms with Crippen molar-refractivity contribution in [2.24, 2.45) is 5.92 Å². The quantitative estimate of drug-likeness (QED) is 0.557. The molecule has 0 aliphatic heterocycles. The van der Waals surface area contributed by atoms with Crippen molar-refractivity contribution >= 4 is 15.7 Å². The Hall–Kier alpha value is -1.31. The molecule has 3 N–H and O–H groups in total. The summed E-state index contributed by atoms with van der Waals surface area (Å²) in [5, 5.41) is 0. The van der Waals surface area contributed by atoms with Crippen LogP contribution in [0.5, 0.6) is 5.75 Å². The number of hydrogen-bond donors (Lipinski definition) is 2. The number of nitrogen functional groups attached to an aromatic ring is 1. The van der Waals surface area contributed by atoms with E-state index in [9.17, 15) is 8.42 Å². The third kappa shape index (κ3) is 4.99. The van der Waals surface area contributed by atoms with Crippen LogP contribution < -0.4 is 15.2 Å². The third-order valence-electron chi connectivity index (χ3n) is 2.50. The van der Waals surface area contributed by atoms with E-state index in [1.807, 2.05) is 13.8 Å². The maximum Gasteiger partial charge on any atom is 0.242 e. The van der Waals surface area contributed by atoms with Gasteiger partial charge in [-0.3, -0.25) is 0 Å². The largest absolute Gasteiger partial charge is 0.497 e. The molecule has 0 unspecified atom stereocenters. The summed E-state index contributed by atoms with van der Waals surface area (Å²) in [6.45, 7) is 5.20. The summed E-state index contributed by atoms with van der Waals surface area (Å²) in [6, 6.07) is 4.45. The van der Waals surface area contributed by atoms with Crippen LogP contribution in [0.4, 0.5) is 5.69 Å². The molecule has 0 fully saturated rings. The fourth-order valence-electron chi connectivity index (χ4n) is 1.54. The Morgan fingerprint density at radius 2 is 2.05 bits per heavy atom. The third-order valence-corrected chi connectivity index (χ3v) is 4.03. The Kier molecular flexibility index (Phi) is 6.25. The molecule has 0 amide bonds. The SMILES string of the molecule is COc1ccc(S(=O)(=O)NCCOCC(C)C)c(N)c1. The van der Waals surface area contributed by atoms with Gasteiger partial charge in [-0.25, -0.2) is 13.1 Å². The summed E-state index contributed by atoms with van der Waals surface area (Å²) < 4.78 is 36.9. The van der Waals surface area contributed by atoms with E-state index in [0.717, 1.165) is 0 Å². The highest BCUT2D eigenvalue weighted by Crippen LogP contribution is 2.23. The molecule has 0 saturated heterocycles. The number of rotatable bonds is 8. The monoisotopic (exact) mass is 302 g/mol. The van der Waals surface area contributed by atoms with E-state index in [0.29, 0.717) is 24.9 Å². The lowest BCUT2D eigenvalue weighted by molar-refractivity contribution is 0.114. The van der Waals surface area contributed by atoms with Crippen molar-refractivity contribution in [3.8, 4) is 5.75 Å². The van der Waals surface area contributed by atoms with E-state index in [4.69, 9.17) is 15.2 Å². The summed E-state index contributed by atoms with van der Waals surface area (Å²) >= 11 is 0. The lowest BCUT2D eigenvalue weighted by atomic mass is 10.2. The van der Waals surface area contributed by atoms with Crippen molar-refractivity contribution in [2.45, 2.75) is 18.7 Å².